The summed E-state index contributed by atoms with van der Waals surface area (Å²) in [6.07, 6.45) is 3.88. The quantitative estimate of drug-likeness (QED) is 0.692. The first-order valence-electron chi connectivity index (χ1n) is 5.66. The van der Waals surface area contributed by atoms with Gasteiger partial charge in [-0.2, -0.15) is 0 Å². The van der Waals surface area contributed by atoms with Crippen LogP contribution in [-0.2, 0) is 0 Å². The Morgan fingerprint density at radius 2 is 2.16 bits per heavy atom. The third-order valence-corrected chi connectivity index (χ3v) is 3.80. The molecule has 0 amide bonds. The Morgan fingerprint density at radius 1 is 1.32 bits per heavy atom. The first-order valence-corrected chi connectivity index (χ1v) is 6.83. The Balaban J connectivity index is 2.14. The molecule has 0 spiro atoms. The normalized spacial score (nSPS) is 10.9. The smallest absolute Gasteiger partial charge is 0.156 e. The number of ether oxygens (including phenoxy) is 1. The standard InChI is InChI=1S/C14H10BrClN2O/c1-19-13-5-4-9(7-10(13)15)12-8-18-6-2-3-11(16)14(18)17-12/h2-8H,1H3. The monoisotopic (exact) mass is 336 g/mol. The average Bonchev–Trinajstić information content (AvgIpc) is 2.84. The highest BCUT2D eigenvalue weighted by Crippen LogP contribution is 2.30. The van der Waals surface area contributed by atoms with E-state index in [0.717, 1.165) is 27.1 Å². The highest BCUT2D eigenvalue weighted by molar-refractivity contribution is 9.10. The summed E-state index contributed by atoms with van der Waals surface area (Å²) in [4.78, 5) is 4.55. The molecule has 0 aliphatic heterocycles. The first-order chi connectivity index (χ1) is 9.19. The Bertz CT molecular complexity index is 754. The molecule has 5 heteroatoms. The van der Waals surface area contributed by atoms with Crippen LogP contribution in [0.25, 0.3) is 16.9 Å². The van der Waals surface area contributed by atoms with Crippen molar-refractivity contribution in [3.05, 3.63) is 52.2 Å². The topological polar surface area (TPSA) is 26.5 Å². The molecule has 0 saturated heterocycles. The highest BCUT2D eigenvalue weighted by Gasteiger charge is 2.09. The van der Waals surface area contributed by atoms with Crippen LogP contribution in [0.4, 0.5) is 0 Å². The lowest BCUT2D eigenvalue weighted by Crippen LogP contribution is -1.85. The molecule has 0 unspecified atom stereocenters. The summed E-state index contributed by atoms with van der Waals surface area (Å²) >= 11 is 9.60. The third-order valence-electron chi connectivity index (χ3n) is 2.88. The number of aromatic nitrogens is 2. The van der Waals surface area contributed by atoms with Crippen molar-refractivity contribution in [3.63, 3.8) is 0 Å². The van der Waals surface area contributed by atoms with E-state index in [-0.39, 0.29) is 0 Å². The van der Waals surface area contributed by atoms with Gasteiger partial charge in [0.05, 0.1) is 22.3 Å². The molecule has 2 heterocycles. The van der Waals surface area contributed by atoms with Crippen molar-refractivity contribution < 1.29 is 4.74 Å². The van der Waals surface area contributed by atoms with Gasteiger partial charge in [-0.05, 0) is 46.3 Å². The van der Waals surface area contributed by atoms with Crippen molar-refractivity contribution in [1.82, 2.24) is 9.38 Å². The van der Waals surface area contributed by atoms with E-state index < -0.39 is 0 Å². The molecule has 19 heavy (non-hydrogen) atoms. The molecule has 3 aromatic rings. The number of imidazole rings is 1. The van der Waals surface area contributed by atoms with Crippen molar-refractivity contribution in [2.45, 2.75) is 0 Å². The molecule has 0 radical (unpaired) electrons. The van der Waals surface area contributed by atoms with E-state index in [9.17, 15) is 0 Å². The number of pyridine rings is 1. The Kier molecular flexibility index (Phi) is 3.21. The number of benzene rings is 1. The van der Waals surface area contributed by atoms with Crippen molar-refractivity contribution in [1.29, 1.82) is 0 Å². The van der Waals surface area contributed by atoms with E-state index in [1.165, 1.54) is 0 Å². The number of methoxy groups -OCH3 is 1. The second kappa shape index (κ2) is 4.87. The molecule has 3 nitrogen and oxygen atoms in total. The molecule has 0 N–H and O–H groups in total. The first kappa shape index (κ1) is 12.5. The minimum atomic E-state index is 0.640. The van der Waals surface area contributed by atoms with E-state index in [0.29, 0.717) is 5.02 Å². The molecule has 3 rings (SSSR count). The number of halogens is 2. The summed E-state index contributed by atoms with van der Waals surface area (Å²) in [5.41, 5.74) is 2.63. The minimum Gasteiger partial charge on any atom is -0.496 e. The minimum absolute atomic E-state index is 0.640. The van der Waals surface area contributed by atoms with E-state index >= 15 is 0 Å². The number of rotatable bonds is 2. The third kappa shape index (κ3) is 2.22. The van der Waals surface area contributed by atoms with E-state index in [1.54, 1.807) is 7.11 Å². The summed E-state index contributed by atoms with van der Waals surface area (Å²) in [6, 6.07) is 9.58. The van der Waals surface area contributed by atoms with Gasteiger partial charge in [0, 0.05) is 18.0 Å². The average molecular weight is 338 g/mol. The summed E-state index contributed by atoms with van der Waals surface area (Å²) in [7, 11) is 1.64. The van der Waals surface area contributed by atoms with E-state index in [1.807, 2.05) is 47.1 Å². The maximum Gasteiger partial charge on any atom is 0.156 e. The van der Waals surface area contributed by atoms with Crippen LogP contribution in [0.1, 0.15) is 0 Å². The van der Waals surface area contributed by atoms with Crippen LogP contribution in [0.2, 0.25) is 5.02 Å². The fraction of sp³-hybridized carbons (Fsp3) is 0.0714. The fourth-order valence-electron chi connectivity index (χ4n) is 1.94. The van der Waals surface area contributed by atoms with Gasteiger partial charge in [-0.1, -0.05) is 11.6 Å². The number of hydrogen-bond donors (Lipinski definition) is 0. The van der Waals surface area contributed by atoms with Crippen LogP contribution in [0.5, 0.6) is 5.75 Å². The van der Waals surface area contributed by atoms with Gasteiger partial charge in [-0.25, -0.2) is 4.98 Å². The van der Waals surface area contributed by atoms with Crippen molar-refractivity contribution in [2.24, 2.45) is 0 Å². The molecule has 0 saturated carbocycles. The van der Waals surface area contributed by atoms with Gasteiger partial charge in [0.25, 0.3) is 0 Å². The molecule has 0 fully saturated rings. The van der Waals surface area contributed by atoms with Crippen molar-refractivity contribution in [3.8, 4) is 17.0 Å². The van der Waals surface area contributed by atoms with Gasteiger partial charge in [0.15, 0.2) is 5.65 Å². The Labute approximate surface area is 123 Å². The van der Waals surface area contributed by atoms with E-state index in [4.69, 9.17) is 16.3 Å². The number of fused-ring (bicyclic) bond motifs is 1. The molecular formula is C14H10BrClN2O. The van der Waals surface area contributed by atoms with Crippen LogP contribution in [0.3, 0.4) is 0 Å². The largest absolute Gasteiger partial charge is 0.496 e. The summed E-state index contributed by atoms with van der Waals surface area (Å²) in [6.45, 7) is 0. The van der Waals surface area contributed by atoms with Gasteiger partial charge in [0.1, 0.15) is 5.75 Å². The van der Waals surface area contributed by atoms with Crippen LogP contribution >= 0.6 is 27.5 Å². The van der Waals surface area contributed by atoms with Gasteiger partial charge in [-0.15, -0.1) is 0 Å². The number of nitrogens with zero attached hydrogens (tertiary/aromatic N) is 2. The second-order valence-corrected chi connectivity index (χ2v) is 5.32. The lowest BCUT2D eigenvalue weighted by Gasteiger charge is -2.04. The van der Waals surface area contributed by atoms with E-state index in [2.05, 4.69) is 20.9 Å². The zero-order valence-corrected chi connectivity index (χ0v) is 12.4. The summed E-state index contributed by atoms with van der Waals surface area (Å²) in [5.74, 6) is 0.797. The molecule has 1 aromatic carbocycles. The zero-order valence-electron chi connectivity index (χ0n) is 10.1. The molecule has 2 aromatic heterocycles. The van der Waals surface area contributed by atoms with Crippen molar-refractivity contribution in [2.75, 3.05) is 7.11 Å². The van der Waals surface area contributed by atoms with Crippen LogP contribution < -0.4 is 4.74 Å². The molecule has 96 valence electrons. The SMILES string of the molecule is COc1ccc(-c2cn3cccc(Cl)c3n2)cc1Br. The lowest BCUT2D eigenvalue weighted by molar-refractivity contribution is 0.412. The van der Waals surface area contributed by atoms with Crippen LogP contribution in [-0.4, -0.2) is 16.5 Å². The summed E-state index contributed by atoms with van der Waals surface area (Å²) < 4.78 is 8.03. The van der Waals surface area contributed by atoms with Gasteiger partial charge in [0.2, 0.25) is 0 Å². The Hall–Kier alpha value is -1.52. The van der Waals surface area contributed by atoms with Crippen molar-refractivity contribution >= 4 is 33.2 Å². The second-order valence-electron chi connectivity index (χ2n) is 4.06. The maximum absolute atomic E-state index is 6.12. The molecule has 0 aliphatic carbocycles. The number of hydrogen-bond acceptors (Lipinski definition) is 2. The van der Waals surface area contributed by atoms with Gasteiger partial charge < -0.3 is 9.14 Å². The van der Waals surface area contributed by atoms with Gasteiger partial charge in [-0.3, -0.25) is 0 Å². The van der Waals surface area contributed by atoms with Crippen LogP contribution in [0, 0.1) is 0 Å². The Morgan fingerprint density at radius 3 is 2.84 bits per heavy atom. The van der Waals surface area contributed by atoms with Gasteiger partial charge >= 0.3 is 0 Å². The summed E-state index contributed by atoms with van der Waals surface area (Å²) in [5, 5.41) is 0.640. The molecule has 0 atom stereocenters. The zero-order chi connectivity index (χ0) is 13.4. The molecular weight excluding hydrogens is 328 g/mol. The highest BCUT2D eigenvalue weighted by atomic mass is 79.9. The lowest BCUT2D eigenvalue weighted by atomic mass is 10.2. The molecule has 0 bridgehead atoms. The molecule has 0 aliphatic rings. The predicted molar refractivity (Wildman–Crippen MR) is 79.9 cm³/mol. The predicted octanol–water partition coefficient (Wildman–Crippen LogP) is 4.43. The van der Waals surface area contributed by atoms with Crippen LogP contribution in [0.15, 0.2) is 47.2 Å². The maximum atomic E-state index is 6.12. The fourth-order valence-corrected chi connectivity index (χ4v) is 2.70.